The average molecular weight is 399 g/mol. The lowest BCUT2D eigenvalue weighted by Gasteiger charge is -2.29. The first-order valence-electron chi connectivity index (χ1n) is 10.4. The Hall–Kier alpha value is -3.52. The molecule has 5 nitrogen and oxygen atoms in total. The van der Waals surface area contributed by atoms with E-state index in [9.17, 15) is 10.1 Å². The number of hydrogen-bond donors (Lipinski definition) is 1. The van der Waals surface area contributed by atoms with Crippen LogP contribution in [0.3, 0.4) is 0 Å². The fraction of sp³-hybridized carbons (Fsp3) is 0.280. The first kappa shape index (κ1) is 19.8. The molecule has 152 valence electrons. The first-order chi connectivity index (χ1) is 14.5. The predicted molar refractivity (Wildman–Crippen MR) is 122 cm³/mol. The summed E-state index contributed by atoms with van der Waals surface area (Å²) < 4.78 is 2.00. The van der Waals surface area contributed by atoms with Crippen molar-refractivity contribution in [2.45, 2.75) is 26.2 Å². The van der Waals surface area contributed by atoms with Crippen LogP contribution in [0.25, 0.3) is 27.6 Å². The van der Waals surface area contributed by atoms with Crippen LogP contribution in [0.2, 0.25) is 0 Å². The molecule has 1 aliphatic rings. The van der Waals surface area contributed by atoms with Crippen LogP contribution in [0.15, 0.2) is 54.1 Å². The molecule has 30 heavy (non-hydrogen) atoms. The number of allylic oxidation sites excluding steroid dienone is 1. The number of rotatable bonds is 4. The molecule has 0 spiro atoms. The van der Waals surface area contributed by atoms with E-state index in [0.29, 0.717) is 5.57 Å². The van der Waals surface area contributed by atoms with Gasteiger partial charge in [-0.25, -0.2) is 0 Å². The fourth-order valence-corrected chi connectivity index (χ4v) is 4.37. The molecule has 2 aromatic carbocycles. The SMILES string of the molecule is CC(=C(C#N)C(N)=O)c1ccc(-c2ccc3cc(N4CCCCC4)ccc3c2)n1C. The normalized spacial score (nSPS) is 15.0. The number of hydrogen-bond acceptors (Lipinski definition) is 3. The Balaban J connectivity index is 1.70. The van der Waals surface area contributed by atoms with Crippen LogP contribution in [-0.2, 0) is 11.8 Å². The molecule has 2 heterocycles. The molecular weight excluding hydrogens is 372 g/mol. The first-order valence-corrected chi connectivity index (χ1v) is 10.4. The minimum absolute atomic E-state index is 0.00787. The number of amides is 1. The third-order valence-corrected chi connectivity index (χ3v) is 6.08. The van der Waals surface area contributed by atoms with Crippen molar-refractivity contribution in [1.82, 2.24) is 4.57 Å². The van der Waals surface area contributed by atoms with E-state index >= 15 is 0 Å². The molecule has 1 amide bonds. The van der Waals surface area contributed by atoms with Crippen LogP contribution >= 0.6 is 0 Å². The minimum Gasteiger partial charge on any atom is -0.372 e. The van der Waals surface area contributed by atoms with Gasteiger partial charge in [0.25, 0.3) is 5.91 Å². The molecule has 0 bridgehead atoms. The lowest BCUT2D eigenvalue weighted by molar-refractivity contribution is -0.114. The lowest BCUT2D eigenvalue weighted by Crippen LogP contribution is -2.29. The van der Waals surface area contributed by atoms with Crippen molar-refractivity contribution in [2.24, 2.45) is 12.8 Å². The number of aromatic nitrogens is 1. The highest BCUT2D eigenvalue weighted by atomic mass is 16.1. The summed E-state index contributed by atoms with van der Waals surface area (Å²) in [4.78, 5) is 14.0. The maximum atomic E-state index is 11.6. The quantitative estimate of drug-likeness (QED) is 0.515. The molecule has 1 saturated heterocycles. The highest BCUT2D eigenvalue weighted by Crippen LogP contribution is 2.31. The number of nitrogens with zero attached hydrogens (tertiary/aromatic N) is 3. The van der Waals surface area contributed by atoms with Gasteiger partial charge in [0.2, 0.25) is 0 Å². The number of carbonyl (C=O) groups is 1. The van der Waals surface area contributed by atoms with Crippen molar-refractivity contribution in [3.8, 4) is 17.3 Å². The number of anilines is 1. The summed E-state index contributed by atoms with van der Waals surface area (Å²) in [7, 11) is 1.94. The highest BCUT2D eigenvalue weighted by Gasteiger charge is 2.16. The molecule has 1 aliphatic heterocycles. The van der Waals surface area contributed by atoms with Crippen LogP contribution in [0.5, 0.6) is 0 Å². The third kappa shape index (κ3) is 3.57. The third-order valence-electron chi connectivity index (χ3n) is 6.08. The largest absolute Gasteiger partial charge is 0.372 e. The summed E-state index contributed by atoms with van der Waals surface area (Å²) >= 11 is 0. The van der Waals surface area contributed by atoms with Gasteiger partial charge in [-0.2, -0.15) is 5.26 Å². The van der Waals surface area contributed by atoms with Gasteiger partial charge in [-0.05, 0) is 78.4 Å². The maximum Gasteiger partial charge on any atom is 0.259 e. The Morgan fingerprint density at radius 2 is 1.70 bits per heavy atom. The van der Waals surface area contributed by atoms with E-state index in [1.807, 2.05) is 29.8 Å². The van der Waals surface area contributed by atoms with E-state index in [0.717, 1.165) is 30.0 Å². The van der Waals surface area contributed by atoms with Gasteiger partial charge in [0.15, 0.2) is 0 Å². The number of benzene rings is 2. The van der Waals surface area contributed by atoms with Crippen molar-refractivity contribution < 1.29 is 4.79 Å². The van der Waals surface area contributed by atoms with E-state index < -0.39 is 5.91 Å². The van der Waals surface area contributed by atoms with Gasteiger partial charge in [-0.3, -0.25) is 4.79 Å². The minimum atomic E-state index is -0.701. The summed E-state index contributed by atoms with van der Waals surface area (Å²) in [6.07, 6.45) is 3.86. The lowest BCUT2D eigenvalue weighted by atomic mass is 10.0. The monoisotopic (exact) mass is 398 g/mol. The Morgan fingerprint density at radius 3 is 2.40 bits per heavy atom. The summed E-state index contributed by atoms with van der Waals surface area (Å²) in [5, 5.41) is 11.7. The smallest absolute Gasteiger partial charge is 0.259 e. The molecule has 0 radical (unpaired) electrons. The van der Waals surface area contributed by atoms with E-state index in [1.165, 1.54) is 35.7 Å². The predicted octanol–water partition coefficient (Wildman–Crippen LogP) is 4.62. The van der Waals surface area contributed by atoms with Crippen LogP contribution in [0.4, 0.5) is 5.69 Å². The van der Waals surface area contributed by atoms with Crippen LogP contribution in [-0.4, -0.2) is 23.6 Å². The van der Waals surface area contributed by atoms with Gasteiger partial charge < -0.3 is 15.2 Å². The molecule has 5 heteroatoms. The Morgan fingerprint density at radius 1 is 1.00 bits per heavy atom. The second kappa shape index (κ2) is 8.08. The van der Waals surface area contributed by atoms with Gasteiger partial charge >= 0.3 is 0 Å². The number of carbonyl (C=O) groups excluding carboxylic acids is 1. The van der Waals surface area contributed by atoms with Crippen molar-refractivity contribution in [3.63, 3.8) is 0 Å². The van der Waals surface area contributed by atoms with Crippen LogP contribution in [0.1, 0.15) is 31.9 Å². The zero-order chi connectivity index (χ0) is 21.3. The fourth-order valence-electron chi connectivity index (χ4n) is 4.37. The van der Waals surface area contributed by atoms with Crippen LogP contribution < -0.4 is 10.6 Å². The molecule has 2 N–H and O–H groups in total. The molecule has 3 aromatic rings. The Kier molecular flexibility index (Phi) is 5.33. The van der Waals surface area contributed by atoms with E-state index in [1.54, 1.807) is 6.92 Å². The van der Waals surface area contributed by atoms with Crippen molar-refractivity contribution in [1.29, 1.82) is 5.26 Å². The van der Waals surface area contributed by atoms with E-state index in [-0.39, 0.29) is 5.57 Å². The Labute approximate surface area is 177 Å². The average Bonchev–Trinajstić information content (AvgIpc) is 3.15. The molecule has 1 aromatic heterocycles. The van der Waals surface area contributed by atoms with E-state index in [4.69, 9.17) is 5.73 Å². The summed E-state index contributed by atoms with van der Waals surface area (Å²) in [6.45, 7) is 4.03. The maximum absolute atomic E-state index is 11.6. The molecule has 0 atom stereocenters. The number of fused-ring (bicyclic) bond motifs is 1. The summed E-state index contributed by atoms with van der Waals surface area (Å²) in [5.41, 5.74) is 10.1. The number of nitrogens with two attached hydrogens (primary N) is 1. The zero-order valence-electron chi connectivity index (χ0n) is 17.5. The Bertz CT molecular complexity index is 1190. The van der Waals surface area contributed by atoms with E-state index in [2.05, 4.69) is 41.3 Å². The molecule has 0 aliphatic carbocycles. The van der Waals surface area contributed by atoms with Crippen molar-refractivity contribution >= 4 is 27.9 Å². The van der Waals surface area contributed by atoms with Crippen molar-refractivity contribution in [2.75, 3.05) is 18.0 Å². The van der Waals surface area contributed by atoms with Gasteiger partial charge in [0.05, 0.1) is 0 Å². The van der Waals surface area contributed by atoms with Gasteiger partial charge in [0.1, 0.15) is 11.6 Å². The van der Waals surface area contributed by atoms with Crippen LogP contribution in [0, 0.1) is 11.3 Å². The second-order valence-electron chi connectivity index (χ2n) is 7.93. The second-order valence-corrected chi connectivity index (χ2v) is 7.93. The zero-order valence-corrected chi connectivity index (χ0v) is 17.5. The number of nitriles is 1. The van der Waals surface area contributed by atoms with Gasteiger partial charge in [0, 0.05) is 37.2 Å². The molecule has 0 unspecified atom stereocenters. The molecule has 1 fully saturated rings. The topological polar surface area (TPSA) is 75.0 Å². The summed E-state index contributed by atoms with van der Waals surface area (Å²) in [5.74, 6) is -0.701. The van der Waals surface area contributed by atoms with Gasteiger partial charge in [-0.15, -0.1) is 0 Å². The molecule has 4 rings (SSSR count). The number of primary amides is 1. The molecule has 0 saturated carbocycles. The standard InChI is InChI=1S/C25H26N4O/c1-17(22(16-26)25(27)30)23-10-11-24(28(23)2)20-7-6-19-15-21(9-8-18(19)14-20)29-12-4-3-5-13-29/h6-11,14-15H,3-5,12-13H2,1-2H3,(H2,27,30). The van der Waals surface area contributed by atoms with Gasteiger partial charge in [-0.1, -0.05) is 18.2 Å². The number of piperidine rings is 1. The summed E-state index contributed by atoms with van der Waals surface area (Å²) in [6, 6.07) is 19.0. The highest BCUT2D eigenvalue weighted by molar-refractivity contribution is 6.03. The molecular formula is C25H26N4O. The van der Waals surface area contributed by atoms with Crippen molar-refractivity contribution in [3.05, 3.63) is 59.8 Å².